The molecule has 148 valence electrons. The Bertz CT molecular complexity index is 821. The quantitative estimate of drug-likeness (QED) is 0.625. The molecule has 0 fully saturated rings. The highest BCUT2D eigenvalue weighted by Crippen LogP contribution is 2.26. The van der Waals surface area contributed by atoms with Gasteiger partial charge < -0.3 is 14.8 Å². The van der Waals surface area contributed by atoms with E-state index in [2.05, 4.69) is 11.4 Å². The minimum atomic E-state index is -0.699. The summed E-state index contributed by atoms with van der Waals surface area (Å²) in [6.07, 6.45) is 1.05. The average molecular weight is 401 g/mol. The number of nitrogens with zero attached hydrogens (tertiary/aromatic N) is 1. The van der Waals surface area contributed by atoms with Crippen LogP contribution in [0.5, 0.6) is 11.5 Å². The molecule has 0 aliphatic rings. The molecule has 0 bridgehead atoms. The normalized spacial score (nSPS) is 11.4. The maximum Gasteiger partial charge on any atom is 0.237 e. The van der Waals surface area contributed by atoms with E-state index in [9.17, 15) is 10.1 Å². The van der Waals surface area contributed by atoms with E-state index in [0.29, 0.717) is 26.0 Å². The molecule has 5 nitrogen and oxygen atoms in total. The molecule has 2 aromatic carbocycles. The number of nitrogens with one attached hydrogen (secondary N) is 1. The van der Waals surface area contributed by atoms with Crippen LogP contribution in [0.4, 0.5) is 0 Å². The van der Waals surface area contributed by atoms with Crippen LogP contribution in [0.2, 0.25) is 5.02 Å². The molecular formula is C22H25ClN2O3. The third-order valence-electron chi connectivity index (χ3n) is 4.41. The van der Waals surface area contributed by atoms with Gasteiger partial charge >= 0.3 is 0 Å². The fourth-order valence-electron chi connectivity index (χ4n) is 2.78. The summed E-state index contributed by atoms with van der Waals surface area (Å²) in [5.41, 5.74) is 2.87. The second-order valence-corrected chi connectivity index (χ2v) is 6.99. The maximum atomic E-state index is 12.2. The third-order valence-corrected chi connectivity index (χ3v) is 5.01. The predicted molar refractivity (Wildman–Crippen MR) is 110 cm³/mol. The van der Waals surface area contributed by atoms with Crippen LogP contribution in [0, 0.1) is 31.1 Å². The molecule has 1 atom stereocenters. The molecule has 28 heavy (non-hydrogen) atoms. The van der Waals surface area contributed by atoms with Crippen molar-refractivity contribution < 1.29 is 14.3 Å². The van der Waals surface area contributed by atoms with Crippen molar-refractivity contribution in [1.29, 1.82) is 5.26 Å². The molecule has 0 aliphatic heterocycles. The molecular weight excluding hydrogens is 376 g/mol. The summed E-state index contributed by atoms with van der Waals surface area (Å²) in [6, 6.07) is 13.3. The van der Waals surface area contributed by atoms with Crippen molar-refractivity contribution in [3.63, 3.8) is 0 Å². The number of methoxy groups -OCH3 is 1. The highest BCUT2D eigenvalue weighted by atomic mass is 35.5. The Kier molecular flexibility index (Phi) is 8.16. The van der Waals surface area contributed by atoms with Gasteiger partial charge in [0.2, 0.25) is 5.91 Å². The summed E-state index contributed by atoms with van der Waals surface area (Å²) < 4.78 is 10.8. The van der Waals surface area contributed by atoms with Gasteiger partial charge in [-0.3, -0.25) is 4.79 Å². The van der Waals surface area contributed by atoms with Gasteiger partial charge in [-0.1, -0.05) is 23.7 Å². The summed E-state index contributed by atoms with van der Waals surface area (Å²) in [5, 5.41) is 12.8. The Hall–Kier alpha value is -2.71. The number of rotatable bonds is 9. The molecule has 1 amide bonds. The predicted octanol–water partition coefficient (Wildman–Crippen LogP) is 4.58. The number of aryl methyl sites for hydroxylation is 2. The smallest absolute Gasteiger partial charge is 0.237 e. The van der Waals surface area contributed by atoms with Crippen LogP contribution in [-0.4, -0.2) is 19.6 Å². The van der Waals surface area contributed by atoms with Crippen LogP contribution in [0.25, 0.3) is 0 Å². The molecule has 0 heterocycles. The first-order chi connectivity index (χ1) is 13.4. The summed E-state index contributed by atoms with van der Waals surface area (Å²) in [6.45, 7) is 4.67. The zero-order valence-electron chi connectivity index (χ0n) is 16.4. The molecule has 6 heteroatoms. The monoisotopic (exact) mass is 400 g/mol. The Morgan fingerprint density at radius 1 is 1.18 bits per heavy atom. The molecule has 0 spiro atoms. The van der Waals surface area contributed by atoms with Crippen molar-refractivity contribution in [2.75, 3.05) is 13.7 Å². The number of nitriles is 1. The highest BCUT2D eigenvalue weighted by Gasteiger charge is 2.17. The van der Waals surface area contributed by atoms with Gasteiger partial charge in [0.1, 0.15) is 17.4 Å². The lowest BCUT2D eigenvalue weighted by Crippen LogP contribution is -2.29. The van der Waals surface area contributed by atoms with Crippen LogP contribution < -0.4 is 14.8 Å². The standard InChI is InChI=1S/C22H25ClN2O3/c1-15-11-20(12-16(2)21(15)23)28-10-4-5-18(13-24)22(26)25-14-17-6-8-19(27-3)9-7-17/h6-9,11-12,18H,4-5,10,14H2,1-3H3,(H,25,26). The molecule has 1 unspecified atom stereocenters. The minimum Gasteiger partial charge on any atom is -0.497 e. The van der Waals surface area contributed by atoms with Crippen LogP contribution in [-0.2, 0) is 11.3 Å². The first-order valence-corrected chi connectivity index (χ1v) is 9.52. The average Bonchev–Trinajstić information content (AvgIpc) is 2.70. The number of ether oxygens (including phenoxy) is 2. The molecule has 0 aromatic heterocycles. The maximum absolute atomic E-state index is 12.2. The first kappa shape index (κ1) is 21.6. The number of carbonyl (C=O) groups excluding carboxylic acids is 1. The van der Waals surface area contributed by atoms with Gasteiger partial charge in [-0.2, -0.15) is 5.26 Å². The molecule has 0 saturated carbocycles. The minimum absolute atomic E-state index is 0.267. The Balaban J connectivity index is 1.76. The molecule has 2 aromatic rings. The second kappa shape index (κ2) is 10.6. The summed E-state index contributed by atoms with van der Waals surface area (Å²) >= 11 is 6.15. The van der Waals surface area contributed by atoms with Crippen LogP contribution >= 0.6 is 11.6 Å². The first-order valence-electron chi connectivity index (χ1n) is 9.14. The van der Waals surface area contributed by atoms with Crippen LogP contribution in [0.3, 0.4) is 0 Å². The summed E-state index contributed by atoms with van der Waals surface area (Å²) in [4.78, 5) is 12.2. The van der Waals surface area contributed by atoms with E-state index < -0.39 is 5.92 Å². The molecule has 1 N–H and O–H groups in total. The lowest BCUT2D eigenvalue weighted by Gasteiger charge is -2.12. The summed E-state index contributed by atoms with van der Waals surface area (Å²) in [7, 11) is 1.60. The molecule has 0 radical (unpaired) electrons. The van der Waals surface area contributed by atoms with Gasteiger partial charge in [-0.05, 0) is 67.6 Å². The number of hydrogen-bond donors (Lipinski definition) is 1. The number of hydrogen-bond acceptors (Lipinski definition) is 4. The van der Waals surface area contributed by atoms with Gasteiger partial charge in [0, 0.05) is 11.6 Å². The van der Waals surface area contributed by atoms with Gasteiger partial charge in [0.15, 0.2) is 0 Å². The number of benzene rings is 2. The SMILES string of the molecule is COc1ccc(CNC(=O)C(C#N)CCCOc2cc(C)c(Cl)c(C)c2)cc1. The van der Waals surface area contributed by atoms with Gasteiger partial charge in [0.25, 0.3) is 0 Å². The van der Waals surface area contributed by atoms with Gasteiger partial charge in [-0.15, -0.1) is 0 Å². The fourth-order valence-corrected chi connectivity index (χ4v) is 2.89. The van der Waals surface area contributed by atoms with Crippen molar-refractivity contribution in [3.05, 3.63) is 58.1 Å². The molecule has 0 saturated heterocycles. The van der Waals surface area contributed by atoms with E-state index >= 15 is 0 Å². The number of amides is 1. The van der Waals surface area contributed by atoms with E-state index in [-0.39, 0.29) is 5.91 Å². The van der Waals surface area contributed by atoms with Crippen molar-refractivity contribution in [3.8, 4) is 17.6 Å². The second-order valence-electron chi connectivity index (χ2n) is 6.61. The van der Waals surface area contributed by atoms with E-state index in [4.69, 9.17) is 21.1 Å². The van der Waals surface area contributed by atoms with Gasteiger partial charge in [0.05, 0.1) is 19.8 Å². The Morgan fingerprint density at radius 2 is 1.82 bits per heavy atom. The van der Waals surface area contributed by atoms with Crippen molar-refractivity contribution in [2.45, 2.75) is 33.2 Å². The van der Waals surface area contributed by atoms with Crippen molar-refractivity contribution in [1.82, 2.24) is 5.32 Å². The van der Waals surface area contributed by atoms with E-state index in [0.717, 1.165) is 33.2 Å². The van der Waals surface area contributed by atoms with Crippen molar-refractivity contribution in [2.24, 2.45) is 5.92 Å². The van der Waals surface area contributed by atoms with Crippen LogP contribution in [0.15, 0.2) is 36.4 Å². The topological polar surface area (TPSA) is 71.3 Å². The van der Waals surface area contributed by atoms with E-state index in [1.54, 1.807) is 7.11 Å². The van der Waals surface area contributed by atoms with Crippen molar-refractivity contribution >= 4 is 17.5 Å². The molecule has 2 rings (SSSR count). The number of carbonyl (C=O) groups is 1. The zero-order chi connectivity index (χ0) is 20.5. The largest absolute Gasteiger partial charge is 0.497 e. The fraction of sp³-hybridized carbons (Fsp3) is 0.364. The van der Waals surface area contributed by atoms with Gasteiger partial charge in [-0.25, -0.2) is 0 Å². The molecule has 0 aliphatic carbocycles. The Labute approximate surface area is 171 Å². The van der Waals surface area contributed by atoms with E-state index in [1.807, 2.05) is 50.2 Å². The highest BCUT2D eigenvalue weighted by molar-refractivity contribution is 6.32. The summed E-state index contributed by atoms with van der Waals surface area (Å²) in [5.74, 6) is 0.542. The van der Waals surface area contributed by atoms with E-state index in [1.165, 1.54) is 0 Å². The third kappa shape index (κ3) is 6.17. The zero-order valence-corrected chi connectivity index (χ0v) is 17.2. The Morgan fingerprint density at radius 3 is 2.39 bits per heavy atom. The lowest BCUT2D eigenvalue weighted by atomic mass is 10.0. The number of halogens is 1. The lowest BCUT2D eigenvalue weighted by molar-refractivity contribution is -0.123. The van der Waals surface area contributed by atoms with Crippen LogP contribution in [0.1, 0.15) is 29.5 Å².